The summed E-state index contributed by atoms with van der Waals surface area (Å²) in [6.45, 7) is 0.365. The van der Waals surface area contributed by atoms with Crippen LogP contribution in [0.1, 0.15) is 11.3 Å². The molecule has 2 aromatic carbocycles. The Labute approximate surface area is 161 Å². The van der Waals surface area contributed by atoms with Crippen molar-refractivity contribution >= 4 is 40.2 Å². The molecule has 3 aromatic rings. The molecule has 1 aromatic heterocycles. The van der Waals surface area contributed by atoms with Crippen LogP contribution in [0, 0.1) is 5.82 Å². The van der Waals surface area contributed by atoms with E-state index in [0.29, 0.717) is 17.3 Å². The molecule has 0 spiro atoms. The fourth-order valence-electron chi connectivity index (χ4n) is 2.72. The molecule has 0 fully saturated rings. The Morgan fingerprint density at radius 3 is 2.78 bits per heavy atom. The van der Waals surface area contributed by atoms with Gasteiger partial charge < -0.3 is 4.90 Å². The normalized spacial score (nSPS) is 11.3. The van der Waals surface area contributed by atoms with Crippen molar-refractivity contribution in [3.05, 3.63) is 64.6 Å². The Hall–Kier alpha value is -2.90. The average Bonchev–Trinajstić information content (AvgIpc) is 2.99. The van der Waals surface area contributed by atoms with E-state index < -0.39 is 5.91 Å². The van der Waals surface area contributed by atoms with E-state index in [0.717, 1.165) is 22.2 Å². The van der Waals surface area contributed by atoms with Crippen molar-refractivity contribution in [2.45, 2.75) is 6.54 Å². The molecule has 0 saturated heterocycles. The minimum atomic E-state index is -0.427. The third-order valence-corrected chi connectivity index (χ3v) is 4.50. The number of hydrogen-bond donors (Lipinski definition) is 2. The molecular weight excluding hydrogens is 369 g/mol. The van der Waals surface area contributed by atoms with Gasteiger partial charge in [-0.15, -0.1) is 0 Å². The highest BCUT2D eigenvalue weighted by molar-refractivity contribution is 6.31. The predicted molar refractivity (Wildman–Crippen MR) is 106 cm³/mol. The van der Waals surface area contributed by atoms with Crippen molar-refractivity contribution in [2.75, 3.05) is 19.0 Å². The van der Waals surface area contributed by atoms with Crippen LogP contribution in [-0.4, -0.2) is 29.8 Å². The van der Waals surface area contributed by atoms with Crippen LogP contribution < -0.4 is 16.2 Å². The minimum Gasteiger partial charge on any atom is -0.378 e. The van der Waals surface area contributed by atoms with Crippen LogP contribution in [0.25, 0.3) is 17.0 Å². The molecule has 0 aliphatic carbocycles. The lowest BCUT2D eigenvalue weighted by Gasteiger charge is -2.13. The first-order valence-electron chi connectivity index (χ1n) is 8.19. The molecule has 0 aliphatic rings. The molecule has 3 rings (SSSR count). The number of aromatic nitrogens is 2. The topological polar surface area (TPSA) is 76.2 Å². The first kappa shape index (κ1) is 18.9. The van der Waals surface area contributed by atoms with Crippen LogP contribution in [0.2, 0.25) is 5.02 Å². The van der Waals surface area contributed by atoms with Gasteiger partial charge in [0.1, 0.15) is 5.82 Å². The number of carbonyl (C=O) groups excluding carboxylic acids is 1. The molecule has 0 aliphatic heterocycles. The van der Waals surface area contributed by atoms with Gasteiger partial charge in [-0.1, -0.05) is 17.7 Å². The van der Waals surface area contributed by atoms with E-state index in [-0.39, 0.29) is 5.82 Å². The van der Waals surface area contributed by atoms with Gasteiger partial charge in [0.2, 0.25) is 0 Å². The van der Waals surface area contributed by atoms with Gasteiger partial charge in [-0.3, -0.25) is 14.9 Å². The van der Waals surface area contributed by atoms with E-state index in [9.17, 15) is 9.18 Å². The standard InChI is InChI=1S/C19H19ClFN5O/c1-25(2)14-5-6-15-17(7-8-19(27)23-22)24-26(18(15)10-14)11-12-3-4-13(21)9-16(12)20/h3-10H,11,22H2,1-2H3,(H,23,27)/b8-7+. The Morgan fingerprint density at radius 2 is 2.11 bits per heavy atom. The summed E-state index contributed by atoms with van der Waals surface area (Å²) in [7, 11) is 3.90. The zero-order valence-electron chi connectivity index (χ0n) is 14.9. The number of hydrogen-bond acceptors (Lipinski definition) is 4. The highest BCUT2D eigenvalue weighted by Crippen LogP contribution is 2.27. The number of benzene rings is 2. The van der Waals surface area contributed by atoms with Crippen molar-refractivity contribution in [1.29, 1.82) is 0 Å². The number of nitrogens with one attached hydrogen (secondary N) is 1. The number of hydrazine groups is 1. The zero-order chi connectivity index (χ0) is 19.6. The summed E-state index contributed by atoms with van der Waals surface area (Å²) >= 11 is 6.17. The van der Waals surface area contributed by atoms with Gasteiger partial charge in [0.05, 0.1) is 17.8 Å². The van der Waals surface area contributed by atoms with Gasteiger partial charge in [0.25, 0.3) is 5.91 Å². The van der Waals surface area contributed by atoms with E-state index in [1.54, 1.807) is 16.8 Å². The van der Waals surface area contributed by atoms with E-state index in [1.165, 1.54) is 18.2 Å². The fourth-order valence-corrected chi connectivity index (χ4v) is 2.95. The van der Waals surface area contributed by atoms with E-state index in [1.807, 2.05) is 42.6 Å². The van der Waals surface area contributed by atoms with Crippen LogP contribution in [0.4, 0.5) is 10.1 Å². The Morgan fingerprint density at radius 1 is 1.33 bits per heavy atom. The summed E-state index contributed by atoms with van der Waals surface area (Å²) < 4.78 is 15.1. The Bertz CT molecular complexity index is 1030. The van der Waals surface area contributed by atoms with E-state index in [2.05, 4.69) is 5.10 Å². The van der Waals surface area contributed by atoms with Crippen molar-refractivity contribution in [3.8, 4) is 0 Å². The van der Waals surface area contributed by atoms with Gasteiger partial charge >= 0.3 is 0 Å². The minimum absolute atomic E-state index is 0.335. The molecule has 0 radical (unpaired) electrons. The molecule has 1 heterocycles. The molecule has 140 valence electrons. The van der Waals surface area contributed by atoms with Gasteiger partial charge in [0, 0.05) is 36.3 Å². The summed E-state index contributed by atoms with van der Waals surface area (Å²) in [5, 5.41) is 5.80. The number of rotatable bonds is 5. The molecule has 3 N–H and O–H groups in total. The van der Waals surface area contributed by atoms with Crippen LogP contribution in [-0.2, 0) is 11.3 Å². The summed E-state index contributed by atoms with van der Waals surface area (Å²) in [4.78, 5) is 13.4. The maximum absolute atomic E-state index is 13.3. The van der Waals surface area contributed by atoms with Crippen LogP contribution in [0.15, 0.2) is 42.5 Å². The van der Waals surface area contributed by atoms with Crippen LogP contribution in [0.3, 0.4) is 0 Å². The maximum atomic E-state index is 13.3. The summed E-state index contributed by atoms with van der Waals surface area (Å²) in [6.07, 6.45) is 2.92. The second-order valence-corrected chi connectivity index (χ2v) is 6.62. The molecule has 6 nitrogen and oxygen atoms in total. The molecule has 0 unspecified atom stereocenters. The number of anilines is 1. The molecule has 0 bridgehead atoms. The van der Waals surface area contributed by atoms with Crippen molar-refractivity contribution in [3.63, 3.8) is 0 Å². The van der Waals surface area contributed by atoms with Gasteiger partial charge in [-0.2, -0.15) is 5.10 Å². The second kappa shape index (κ2) is 7.77. The average molecular weight is 388 g/mol. The smallest absolute Gasteiger partial charge is 0.257 e. The lowest BCUT2D eigenvalue weighted by molar-refractivity contribution is -0.116. The molecule has 0 atom stereocenters. The number of amides is 1. The maximum Gasteiger partial charge on any atom is 0.257 e. The van der Waals surface area contributed by atoms with E-state index >= 15 is 0 Å². The highest BCUT2D eigenvalue weighted by Gasteiger charge is 2.12. The quantitative estimate of drug-likeness (QED) is 0.305. The van der Waals surface area contributed by atoms with Gasteiger partial charge in [-0.05, 0) is 42.0 Å². The molecular formula is C19H19ClFN5O. The predicted octanol–water partition coefficient (Wildman–Crippen LogP) is 2.95. The van der Waals surface area contributed by atoms with Crippen molar-refractivity contribution < 1.29 is 9.18 Å². The van der Waals surface area contributed by atoms with Gasteiger partial charge in [0.15, 0.2) is 0 Å². The van der Waals surface area contributed by atoms with Gasteiger partial charge in [-0.25, -0.2) is 10.2 Å². The summed E-state index contributed by atoms with van der Waals surface area (Å²) in [6, 6.07) is 10.2. The number of nitrogens with zero attached hydrogens (tertiary/aromatic N) is 3. The largest absolute Gasteiger partial charge is 0.378 e. The van der Waals surface area contributed by atoms with Crippen LogP contribution >= 0.6 is 11.6 Å². The molecule has 8 heteroatoms. The third-order valence-electron chi connectivity index (χ3n) is 4.15. The number of halogens is 2. The van der Waals surface area contributed by atoms with E-state index in [4.69, 9.17) is 17.4 Å². The molecule has 0 saturated carbocycles. The van der Waals surface area contributed by atoms with Crippen LogP contribution in [0.5, 0.6) is 0 Å². The summed E-state index contributed by atoms with van der Waals surface area (Å²) in [5.74, 6) is 4.30. The number of carbonyl (C=O) groups is 1. The molecule has 1 amide bonds. The monoisotopic (exact) mass is 387 g/mol. The highest BCUT2D eigenvalue weighted by atomic mass is 35.5. The van der Waals surface area contributed by atoms with Crippen molar-refractivity contribution in [1.82, 2.24) is 15.2 Å². The lowest BCUT2D eigenvalue weighted by atomic mass is 10.1. The first-order chi connectivity index (χ1) is 12.9. The summed E-state index contributed by atoms with van der Waals surface area (Å²) in [5.41, 5.74) is 5.29. The third kappa shape index (κ3) is 4.10. The zero-order valence-corrected chi connectivity index (χ0v) is 15.7. The Balaban J connectivity index is 2.10. The SMILES string of the molecule is CN(C)c1ccc2c(/C=C/C(=O)NN)nn(Cc3ccc(F)cc3Cl)c2c1. The number of nitrogens with two attached hydrogens (primary N) is 1. The number of fused-ring (bicyclic) bond motifs is 1. The fraction of sp³-hybridized carbons (Fsp3) is 0.158. The molecule has 27 heavy (non-hydrogen) atoms. The van der Waals surface area contributed by atoms with Crippen molar-refractivity contribution in [2.24, 2.45) is 5.84 Å². The lowest BCUT2D eigenvalue weighted by Crippen LogP contribution is -2.27. The first-order valence-corrected chi connectivity index (χ1v) is 8.57. The Kier molecular flexibility index (Phi) is 5.43. The second-order valence-electron chi connectivity index (χ2n) is 6.22.